The van der Waals surface area contributed by atoms with Crippen molar-refractivity contribution in [1.29, 1.82) is 0 Å². The number of hydrogen-bond acceptors (Lipinski definition) is 3. The molecule has 0 aliphatic rings. The molecule has 2 aromatic rings. The van der Waals surface area contributed by atoms with E-state index >= 15 is 0 Å². The fourth-order valence-electron chi connectivity index (χ4n) is 1.75. The molecule has 19 heavy (non-hydrogen) atoms. The first-order valence-corrected chi connectivity index (χ1v) is 6.44. The van der Waals surface area contributed by atoms with Gasteiger partial charge in [0.05, 0.1) is 12.8 Å². The van der Waals surface area contributed by atoms with Gasteiger partial charge in [-0.1, -0.05) is 37.3 Å². The summed E-state index contributed by atoms with van der Waals surface area (Å²) in [6.07, 6.45) is 4.54. The molecule has 0 saturated carbocycles. The van der Waals surface area contributed by atoms with Gasteiger partial charge >= 0.3 is 0 Å². The van der Waals surface area contributed by atoms with Crippen LogP contribution < -0.4 is 4.74 Å². The molecule has 3 heteroatoms. The predicted octanol–water partition coefficient (Wildman–Crippen LogP) is 3.30. The van der Waals surface area contributed by atoms with Gasteiger partial charge in [0.2, 0.25) is 0 Å². The molecule has 98 valence electrons. The van der Waals surface area contributed by atoms with Crippen LogP contribution in [0.1, 0.15) is 29.3 Å². The van der Waals surface area contributed by atoms with Gasteiger partial charge in [-0.05, 0) is 18.1 Å². The zero-order valence-electron chi connectivity index (χ0n) is 11.0. The van der Waals surface area contributed by atoms with E-state index in [0.29, 0.717) is 24.3 Å². The van der Waals surface area contributed by atoms with Crippen molar-refractivity contribution < 1.29 is 9.53 Å². The standard InChI is InChI=1S/C16H17NO2/c1-2-8-19-15-10-14(11-17-12-15)16(18)9-13-6-4-3-5-7-13/h3-7,10-12H,2,8-9H2,1H3. The molecule has 1 aromatic heterocycles. The summed E-state index contributed by atoms with van der Waals surface area (Å²) < 4.78 is 5.48. The van der Waals surface area contributed by atoms with Crippen LogP contribution in [0, 0.1) is 0 Å². The Kier molecular flexibility index (Phi) is 4.67. The number of rotatable bonds is 6. The second kappa shape index (κ2) is 6.69. The van der Waals surface area contributed by atoms with Gasteiger partial charge in [0.1, 0.15) is 5.75 Å². The molecule has 0 unspecified atom stereocenters. The smallest absolute Gasteiger partial charge is 0.168 e. The summed E-state index contributed by atoms with van der Waals surface area (Å²) in [6.45, 7) is 2.68. The van der Waals surface area contributed by atoms with Crippen LogP contribution in [0.15, 0.2) is 48.8 Å². The zero-order valence-corrected chi connectivity index (χ0v) is 11.0. The molecule has 1 heterocycles. The highest BCUT2D eigenvalue weighted by molar-refractivity contribution is 5.97. The van der Waals surface area contributed by atoms with Gasteiger partial charge in [-0.25, -0.2) is 0 Å². The SMILES string of the molecule is CCCOc1cncc(C(=O)Cc2ccccc2)c1. The third-order valence-electron chi connectivity index (χ3n) is 2.72. The maximum absolute atomic E-state index is 12.1. The molecule has 0 radical (unpaired) electrons. The van der Waals surface area contributed by atoms with E-state index in [0.717, 1.165) is 12.0 Å². The molecule has 0 aliphatic carbocycles. The number of ketones is 1. The molecular formula is C16H17NO2. The minimum Gasteiger partial charge on any atom is -0.492 e. The van der Waals surface area contributed by atoms with Crippen LogP contribution in [0.4, 0.5) is 0 Å². The summed E-state index contributed by atoms with van der Waals surface area (Å²) in [4.78, 5) is 16.2. The summed E-state index contributed by atoms with van der Waals surface area (Å²) >= 11 is 0. The lowest BCUT2D eigenvalue weighted by Gasteiger charge is -2.06. The third kappa shape index (κ3) is 3.91. The number of aromatic nitrogens is 1. The number of Topliss-reactive ketones (excluding diaryl/α,β-unsaturated/α-hetero) is 1. The summed E-state index contributed by atoms with van der Waals surface area (Å²) in [6, 6.07) is 11.5. The summed E-state index contributed by atoms with van der Waals surface area (Å²) in [5.74, 6) is 0.710. The molecule has 0 fully saturated rings. The lowest BCUT2D eigenvalue weighted by molar-refractivity contribution is 0.0992. The topological polar surface area (TPSA) is 39.2 Å². The summed E-state index contributed by atoms with van der Waals surface area (Å²) in [5, 5.41) is 0. The number of carbonyl (C=O) groups excluding carboxylic acids is 1. The Morgan fingerprint density at radius 3 is 2.74 bits per heavy atom. The molecule has 0 bridgehead atoms. The highest BCUT2D eigenvalue weighted by Crippen LogP contribution is 2.14. The van der Waals surface area contributed by atoms with Crippen molar-refractivity contribution in [2.45, 2.75) is 19.8 Å². The molecule has 0 spiro atoms. The lowest BCUT2D eigenvalue weighted by atomic mass is 10.0. The van der Waals surface area contributed by atoms with E-state index in [1.54, 1.807) is 18.5 Å². The van der Waals surface area contributed by atoms with Gasteiger partial charge in [0, 0.05) is 18.2 Å². The molecule has 0 N–H and O–H groups in total. The van der Waals surface area contributed by atoms with Crippen molar-refractivity contribution >= 4 is 5.78 Å². The summed E-state index contributed by atoms with van der Waals surface area (Å²) in [7, 11) is 0. The van der Waals surface area contributed by atoms with Crippen LogP contribution in [-0.2, 0) is 6.42 Å². The van der Waals surface area contributed by atoms with Crippen molar-refractivity contribution in [2.24, 2.45) is 0 Å². The van der Waals surface area contributed by atoms with Gasteiger partial charge in [-0.3, -0.25) is 9.78 Å². The first-order valence-electron chi connectivity index (χ1n) is 6.44. The van der Waals surface area contributed by atoms with Gasteiger partial charge in [-0.15, -0.1) is 0 Å². The quantitative estimate of drug-likeness (QED) is 0.743. The Bertz CT molecular complexity index is 537. The van der Waals surface area contributed by atoms with E-state index < -0.39 is 0 Å². The molecular weight excluding hydrogens is 238 g/mol. The number of nitrogens with zero attached hydrogens (tertiary/aromatic N) is 1. The Labute approximate surface area is 113 Å². The summed E-state index contributed by atoms with van der Waals surface area (Å²) in [5.41, 5.74) is 1.60. The largest absolute Gasteiger partial charge is 0.492 e. The van der Waals surface area contributed by atoms with E-state index in [4.69, 9.17) is 4.74 Å². The molecule has 0 saturated heterocycles. The Hall–Kier alpha value is -2.16. The number of carbonyl (C=O) groups is 1. The van der Waals surface area contributed by atoms with Crippen molar-refractivity contribution in [3.05, 3.63) is 59.9 Å². The van der Waals surface area contributed by atoms with Crippen molar-refractivity contribution in [3.8, 4) is 5.75 Å². The normalized spacial score (nSPS) is 10.2. The average Bonchev–Trinajstić information content (AvgIpc) is 2.46. The Morgan fingerprint density at radius 1 is 1.21 bits per heavy atom. The monoisotopic (exact) mass is 255 g/mol. The van der Waals surface area contributed by atoms with E-state index in [2.05, 4.69) is 4.98 Å². The molecule has 1 aromatic carbocycles. The minimum atomic E-state index is 0.0562. The third-order valence-corrected chi connectivity index (χ3v) is 2.72. The predicted molar refractivity (Wildman–Crippen MR) is 74.5 cm³/mol. The van der Waals surface area contributed by atoms with E-state index in [1.165, 1.54) is 0 Å². The van der Waals surface area contributed by atoms with Crippen LogP contribution >= 0.6 is 0 Å². The number of pyridine rings is 1. The van der Waals surface area contributed by atoms with Crippen LogP contribution in [0.2, 0.25) is 0 Å². The van der Waals surface area contributed by atoms with E-state index in [9.17, 15) is 4.79 Å². The fraction of sp³-hybridized carbons (Fsp3) is 0.250. The average molecular weight is 255 g/mol. The molecule has 0 aliphatic heterocycles. The van der Waals surface area contributed by atoms with Crippen molar-refractivity contribution in [2.75, 3.05) is 6.61 Å². The second-order valence-electron chi connectivity index (χ2n) is 4.34. The lowest BCUT2D eigenvalue weighted by Crippen LogP contribution is -2.05. The molecule has 0 atom stereocenters. The molecule has 0 amide bonds. The number of ether oxygens (including phenoxy) is 1. The first kappa shape index (κ1) is 13.3. The highest BCUT2D eigenvalue weighted by Gasteiger charge is 2.08. The Balaban J connectivity index is 2.06. The first-order chi connectivity index (χ1) is 9.29. The van der Waals surface area contributed by atoms with Gasteiger partial charge < -0.3 is 4.74 Å². The van der Waals surface area contributed by atoms with Crippen molar-refractivity contribution in [3.63, 3.8) is 0 Å². The molecule has 3 nitrogen and oxygen atoms in total. The molecule has 2 rings (SSSR count). The minimum absolute atomic E-state index is 0.0562. The maximum Gasteiger partial charge on any atom is 0.168 e. The Morgan fingerprint density at radius 2 is 2.00 bits per heavy atom. The van der Waals surface area contributed by atoms with Crippen molar-refractivity contribution in [1.82, 2.24) is 4.98 Å². The second-order valence-corrected chi connectivity index (χ2v) is 4.34. The van der Waals surface area contributed by atoms with Gasteiger partial charge in [0.25, 0.3) is 0 Å². The zero-order chi connectivity index (χ0) is 13.5. The van der Waals surface area contributed by atoms with E-state index in [1.807, 2.05) is 37.3 Å². The van der Waals surface area contributed by atoms with E-state index in [-0.39, 0.29) is 5.78 Å². The van der Waals surface area contributed by atoms with Gasteiger partial charge in [-0.2, -0.15) is 0 Å². The van der Waals surface area contributed by atoms with Crippen LogP contribution in [-0.4, -0.2) is 17.4 Å². The van der Waals surface area contributed by atoms with Gasteiger partial charge in [0.15, 0.2) is 5.78 Å². The maximum atomic E-state index is 12.1. The van der Waals surface area contributed by atoms with Crippen LogP contribution in [0.3, 0.4) is 0 Å². The number of benzene rings is 1. The van der Waals surface area contributed by atoms with Crippen LogP contribution in [0.5, 0.6) is 5.75 Å². The van der Waals surface area contributed by atoms with Crippen LogP contribution in [0.25, 0.3) is 0 Å². The fourth-order valence-corrected chi connectivity index (χ4v) is 1.75. The highest BCUT2D eigenvalue weighted by atomic mass is 16.5. The number of hydrogen-bond donors (Lipinski definition) is 0.